The van der Waals surface area contributed by atoms with E-state index in [1.165, 1.54) is 4.90 Å². The molecule has 0 aromatic carbocycles. The van der Waals surface area contributed by atoms with Crippen LogP contribution in [0, 0.1) is 6.92 Å². The van der Waals surface area contributed by atoms with Gasteiger partial charge in [-0.05, 0) is 6.92 Å². The topological polar surface area (TPSA) is 153 Å². The lowest BCUT2D eigenvalue weighted by Gasteiger charge is -2.23. The maximum Gasteiger partial charge on any atom is 0.237 e. The predicted molar refractivity (Wildman–Crippen MR) is 74.6 cm³/mol. The van der Waals surface area contributed by atoms with Crippen LogP contribution in [0.5, 0.6) is 0 Å². The molecule has 1 aromatic heterocycles. The zero-order chi connectivity index (χ0) is 15.3. The minimum absolute atomic E-state index is 0.173. The van der Waals surface area contributed by atoms with Crippen molar-refractivity contribution in [1.29, 1.82) is 0 Å². The van der Waals surface area contributed by atoms with Crippen LogP contribution in [-0.4, -0.2) is 34.9 Å². The molecule has 9 nitrogen and oxygen atoms in total. The molecule has 1 aromatic rings. The second kappa shape index (κ2) is 6.66. The van der Waals surface area contributed by atoms with E-state index in [1.807, 2.05) is 6.92 Å². The van der Waals surface area contributed by atoms with Gasteiger partial charge in [-0.1, -0.05) is 6.92 Å². The summed E-state index contributed by atoms with van der Waals surface area (Å²) in [6.45, 7) is 3.25. The normalized spacial score (nSPS) is 10.2. The molecular weight excluding hydrogens is 262 g/mol. The third-order valence-electron chi connectivity index (χ3n) is 2.61. The van der Waals surface area contributed by atoms with Crippen molar-refractivity contribution < 1.29 is 9.59 Å². The quantitative estimate of drug-likeness (QED) is 0.347. The molecule has 0 saturated carbocycles. The number of anilines is 2. The molecule has 0 aliphatic carbocycles. The highest BCUT2D eigenvalue weighted by Gasteiger charge is 2.19. The van der Waals surface area contributed by atoms with Crippen LogP contribution in [-0.2, 0) is 16.0 Å². The van der Waals surface area contributed by atoms with Crippen molar-refractivity contribution in [3.63, 3.8) is 0 Å². The molecule has 0 spiro atoms. The van der Waals surface area contributed by atoms with Crippen LogP contribution in [0.15, 0.2) is 0 Å². The number of nitrogen functional groups attached to an aromatic ring is 1. The van der Waals surface area contributed by atoms with Gasteiger partial charge in [0, 0.05) is 12.0 Å². The SMILES string of the molecule is CCc1nc(NN)c(C)c(N(CC(N)=O)CC(N)=O)n1. The van der Waals surface area contributed by atoms with Crippen LogP contribution in [0.1, 0.15) is 18.3 Å². The molecule has 0 unspecified atom stereocenters. The van der Waals surface area contributed by atoms with Crippen LogP contribution >= 0.6 is 0 Å². The van der Waals surface area contributed by atoms with Gasteiger partial charge in [0.05, 0.1) is 13.1 Å². The summed E-state index contributed by atoms with van der Waals surface area (Å²) in [6.07, 6.45) is 0.572. The average molecular weight is 281 g/mol. The average Bonchev–Trinajstić information content (AvgIpc) is 2.37. The zero-order valence-electron chi connectivity index (χ0n) is 11.5. The fraction of sp³-hybridized carbons (Fsp3) is 0.455. The number of amides is 2. The molecule has 7 N–H and O–H groups in total. The first kappa shape index (κ1) is 15.6. The monoisotopic (exact) mass is 281 g/mol. The number of hydrogen-bond donors (Lipinski definition) is 4. The van der Waals surface area contributed by atoms with E-state index in [4.69, 9.17) is 17.3 Å². The highest BCUT2D eigenvalue weighted by Crippen LogP contribution is 2.23. The van der Waals surface area contributed by atoms with Crippen molar-refractivity contribution in [3.05, 3.63) is 11.4 Å². The highest BCUT2D eigenvalue weighted by molar-refractivity contribution is 5.85. The number of nitrogens with one attached hydrogen (secondary N) is 1. The Labute approximate surface area is 116 Å². The van der Waals surface area contributed by atoms with Crippen molar-refractivity contribution in [2.45, 2.75) is 20.3 Å². The van der Waals surface area contributed by atoms with Gasteiger partial charge in [0.1, 0.15) is 17.5 Å². The van der Waals surface area contributed by atoms with E-state index in [9.17, 15) is 9.59 Å². The molecule has 1 rings (SSSR count). The second-order valence-electron chi connectivity index (χ2n) is 4.22. The maximum atomic E-state index is 11.1. The Balaban J connectivity index is 3.29. The molecule has 110 valence electrons. The molecule has 20 heavy (non-hydrogen) atoms. The highest BCUT2D eigenvalue weighted by atomic mass is 16.2. The molecule has 0 saturated heterocycles. The van der Waals surface area contributed by atoms with Crippen molar-refractivity contribution >= 4 is 23.5 Å². The number of hydrogen-bond acceptors (Lipinski definition) is 7. The Hall–Kier alpha value is -2.42. The van der Waals surface area contributed by atoms with Crippen molar-refractivity contribution in [2.24, 2.45) is 17.3 Å². The number of nitrogens with zero attached hydrogens (tertiary/aromatic N) is 3. The Morgan fingerprint density at radius 1 is 1.20 bits per heavy atom. The number of primary amides is 2. The predicted octanol–water partition coefficient (Wildman–Crippen LogP) is -1.59. The molecule has 2 amide bonds. The molecule has 0 fully saturated rings. The van der Waals surface area contributed by atoms with E-state index < -0.39 is 11.8 Å². The number of carbonyl (C=O) groups is 2. The van der Waals surface area contributed by atoms with Crippen LogP contribution in [0.2, 0.25) is 0 Å². The molecule has 0 aliphatic rings. The lowest BCUT2D eigenvalue weighted by atomic mass is 10.2. The molecular formula is C11H19N7O2. The van der Waals surface area contributed by atoms with Gasteiger partial charge < -0.3 is 21.8 Å². The molecule has 1 heterocycles. The Kier molecular flexibility index (Phi) is 5.21. The van der Waals surface area contributed by atoms with Crippen LogP contribution in [0.4, 0.5) is 11.6 Å². The molecule has 9 heteroatoms. The Bertz CT molecular complexity index is 502. The van der Waals surface area contributed by atoms with Crippen molar-refractivity contribution in [1.82, 2.24) is 9.97 Å². The van der Waals surface area contributed by atoms with Crippen LogP contribution in [0.25, 0.3) is 0 Å². The first-order chi connectivity index (χ1) is 9.38. The van der Waals surface area contributed by atoms with Crippen molar-refractivity contribution in [2.75, 3.05) is 23.4 Å². The van der Waals surface area contributed by atoms with Gasteiger partial charge in [-0.2, -0.15) is 0 Å². The van der Waals surface area contributed by atoms with E-state index in [-0.39, 0.29) is 13.1 Å². The van der Waals surface area contributed by atoms with Gasteiger partial charge in [0.2, 0.25) is 11.8 Å². The van der Waals surface area contributed by atoms with E-state index in [1.54, 1.807) is 6.92 Å². The Morgan fingerprint density at radius 3 is 2.15 bits per heavy atom. The van der Waals surface area contributed by atoms with Gasteiger partial charge >= 0.3 is 0 Å². The maximum absolute atomic E-state index is 11.1. The molecule has 0 bridgehead atoms. The fourth-order valence-electron chi connectivity index (χ4n) is 1.74. The van der Waals surface area contributed by atoms with Gasteiger partial charge in [-0.25, -0.2) is 15.8 Å². The Morgan fingerprint density at radius 2 is 1.75 bits per heavy atom. The standard InChI is InChI=1S/C11H19N7O2/c1-3-9-15-10(17-14)6(2)11(16-9)18(4-7(12)19)5-8(13)20/h3-5,14H2,1-2H3,(H2,12,19)(H2,13,20)(H,15,16,17). The first-order valence-corrected chi connectivity index (χ1v) is 6.04. The third-order valence-corrected chi connectivity index (χ3v) is 2.61. The lowest BCUT2D eigenvalue weighted by Crippen LogP contribution is -2.40. The summed E-state index contributed by atoms with van der Waals surface area (Å²) < 4.78 is 0. The van der Waals surface area contributed by atoms with Crippen LogP contribution < -0.4 is 27.6 Å². The summed E-state index contributed by atoms with van der Waals surface area (Å²) in [5.41, 5.74) is 13.4. The fourth-order valence-corrected chi connectivity index (χ4v) is 1.74. The largest absolute Gasteiger partial charge is 0.368 e. The van der Waals surface area contributed by atoms with E-state index in [0.717, 1.165) is 0 Å². The summed E-state index contributed by atoms with van der Waals surface area (Å²) in [5.74, 6) is 5.57. The summed E-state index contributed by atoms with van der Waals surface area (Å²) in [7, 11) is 0. The van der Waals surface area contributed by atoms with Gasteiger partial charge in [-0.15, -0.1) is 0 Å². The number of aromatic nitrogens is 2. The van der Waals surface area contributed by atoms with Crippen molar-refractivity contribution in [3.8, 4) is 0 Å². The van der Waals surface area contributed by atoms with E-state index in [0.29, 0.717) is 29.4 Å². The number of carbonyl (C=O) groups excluding carboxylic acids is 2. The summed E-state index contributed by atoms with van der Waals surface area (Å²) in [6, 6.07) is 0. The minimum atomic E-state index is -0.593. The minimum Gasteiger partial charge on any atom is -0.368 e. The van der Waals surface area contributed by atoms with Crippen LogP contribution in [0.3, 0.4) is 0 Å². The molecule has 0 atom stereocenters. The summed E-state index contributed by atoms with van der Waals surface area (Å²) in [4.78, 5) is 32.2. The molecule has 0 aliphatic heterocycles. The molecule has 0 radical (unpaired) electrons. The smallest absolute Gasteiger partial charge is 0.237 e. The van der Waals surface area contributed by atoms with Gasteiger partial charge in [0.15, 0.2) is 0 Å². The number of aryl methyl sites for hydroxylation is 1. The summed E-state index contributed by atoms with van der Waals surface area (Å²) >= 11 is 0. The summed E-state index contributed by atoms with van der Waals surface area (Å²) in [5, 5.41) is 0. The van der Waals surface area contributed by atoms with Gasteiger partial charge in [0.25, 0.3) is 0 Å². The zero-order valence-corrected chi connectivity index (χ0v) is 11.5. The van der Waals surface area contributed by atoms with E-state index >= 15 is 0 Å². The lowest BCUT2D eigenvalue weighted by molar-refractivity contribution is -0.117. The van der Waals surface area contributed by atoms with Gasteiger partial charge in [-0.3, -0.25) is 9.59 Å². The van der Waals surface area contributed by atoms with E-state index in [2.05, 4.69) is 15.4 Å². The first-order valence-electron chi connectivity index (χ1n) is 6.04. The number of rotatable bonds is 7. The third kappa shape index (κ3) is 3.79. The number of nitrogens with two attached hydrogens (primary N) is 3. The second-order valence-corrected chi connectivity index (χ2v) is 4.22. The number of hydrazine groups is 1.